The Bertz CT molecular complexity index is 453. The quantitative estimate of drug-likeness (QED) is 0.925. The molecule has 1 amide bonds. The van der Waals surface area contributed by atoms with E-state index < -0.39 is 0 Å². The molecular weight excluding hydrogens is 284 g/mol. The fourth-order valence-electron chi connectivity index (χ4n) is 3.81. The van der Waals surface area contributed by atoms with Gasteiger partial charge in [-0.2, -0.15) is 0 Å². The maximum absolute atomic E-state index is 12.6. The number of anilines is 1. The lowest BCUT2D eigenvalue weighted by atomic mass is 9.89. The molecule has 0 spiro atoms. The molecule has 2 aliphatic rings. The molecule has 1 aromatic rings. The average Bonchev–Trinajstić information content (AvgIpc) is 2.80. The van der Waals surface area contributed by atoms with Gasteiger partial charge in [0.15, 0.2) is 0 Å². The van der Waals surface area contributed by atoms with E-state index in [-0.39, 0.29) is 18.3 Å². The molecule has 3 nitrogen and oxygen atoms in total. The molecule has 21 heavy (non-hydrogen) atoms. The largest absolute Gasteiger partial charge is 0.313 e. The summed E-state index contributed by atoms with van der Waals surface area (Å²) in [5.41, 5.74) is 1.02. The Morgan fingerprint density at radius 1 is 1.19 bits per heavy atom. The molecule has 4 heteroatoms. The second-order valence-electron chi connectivity index (χ2n) is 6.15. The van der Waals surface area contributed by atoms with Gasteiger partial charge in [0.05, 0.1) is 0 Å². The lowest BCUT2D eigenvalue weighted by Crippen LogP contribution is -2.40. The van der Waals surface area contributed by atoms with Gasteiger partial charge in [0.2, 0.25) is 5.91 Å². The van der Waals surface area contributed by atoms with Crippen molar-refractivity contribution in [3.05, 3.63) is 30.3 Å². The summed E-state index contributed by atoms with van der Waals surface area (Å²) < 4.78 is 0. The van der Waals surface area contributed by atoms with Crippen molar-refractivity contribution < 1.29 is 4.79 Å². The van der Waals surface area contributed by atoms with Crippen LogP contribution in [0.3, 0.4) is 0 Å². The minimum Gasteiger partial charge on any atom is -0.313 e. The zero-order chi connectivity index (χ0) is 13.9. The molecule has 1 N–H and O–H groups in total. The average molecular weight is 309 g/mol. The molecular formula is C17H25ClN2O. The standard InChI is InChI=1S/C17H24N2O.ClH/c1-2-19(16-6-4-3-5-7-16)17(20)12-13-10-14-8-9-15(11-13)18-14;/h3-7,13-15,18H,2,8-12H2,1H3;1H. The fraction of sp³-hybridized carbons (Fsp3) is 0.588. The maximum atomic E-state index is 12.6. The zero-order valence-corrected chi connectivity index (χ0v) is 13.4. The lowest BCUT2D eigenvalue weighted by Gasteiger charge is -2.30. The van der Waals surface area contributed by atoms with Gasteiger partial charge >= 0.3 is 0 Å². The number of nitrogens with zero attached hydrogens (tertiary/aromatic N) is 1. The maximum Gasteiger partial charge on any atom is 0.227 e. The molecule has 2 bridgehead atoms. The Morgan fingerprint density at radius 2 is 1.81 bits per heavy atom. The van der Waals surface area contributed by atoms with Crippen LogP contribution >= 0.6 is 12.4 Å². The van der Waals surface area contributed by atoms with Crippen LogP contribution in [0.1, 0.15) is 39.0 Å². The van der Waals surface area contributed by atoms with E-state index in [4.69, 9.17) is 0 Å². The molecule has 2 fully saturated rings. The summed E-state index contributed by atoms with van der Waals surface area (Å²) in [6.07, 6.45) is 5.65. The summed E-state index contributed by atoms with van der Waals surface area (Å²) in [6.45, 7) is 2.80. The van der Waals surface area contributed by atoms with Gasteiger partial charge in [-0.15, -0.1) is 12.4 Å². The summed E-state index contributed by atoms with van der Waals surface area (Å²) in [4.78, 5) is 14.5. The van der Waals surface area contributed by atoms with Crippen molar-refractivity contribution in [1.29, 1.82) is 0 Å². The predicted molar refractivity (Wildman–Crippen MR) is 89.0 cm³/mol. The number of benzene rings is 1. The number of rotatable bonds is 4. The van der Waals surface area contributed by atoms with Gasteiger partial charge < -0.3 is 10.2 Å². The summed E-state index contributed by atoms with van der Waals surface area (Å²) in [6, 6.07) is 11.4. The van der Waals surface area contributed by atoms with Crippen LogP contribution in [0, 0.1) is 5.92 Å². The van der Waals surface area contributed by atoms with Crippen LogP contribution in [0.25, 0.3) is 0 Å². The van der Waals surface area contributed by atoms with Crippen molar-refractivity contribution in [2.45, 2.75) is 51.1 Å². The van der Waals surface area contributed by atoms with Gasteiger partial charge in [-0.25, -0.2) is 0 Å². The third-order valence-electron chi connectivity index (χ3n) is 4.72. The van der Waals surface area contributed by atoms with Crippen LogP contribution in [-0.2, 0) is 4.79 Å². The minimum atomic E-state index is 0. The van der Waals surface area contributed by atoms with E-state index in [0.717, 1.165) is 12.2 Å². The molecule has 116 valence electrons. The highest BCUT2D eigenvalue weighted by atomic mass is 35.5. The van der Waals surface area contributed by atoms with Crippen LogP contribution in [0.2, 0.25) is 0 Å². The Morgan fingerprint density at radius 3 is 2.38 bits per heavy atom. The van der Waals surface area contributed by atoms with E-state index >= 15 is 0 Å². The van der Waals surface area contributed by atoms with Crippen LogP contribution in [-0.4, -0.2) is 24.5 Å². The number of nitrogens with one attached hydrogen (secondary N) is 1. The smallest absolute Gasteiger partial charge is 0.227 e. The Balaban J connectivity index is 0.00000161. The highest BCUT2D eigenvalue weighted by molar-refractivity contribution is 5.93. The number of carbonyl (C=O) groups excluding carboxylic acids is 1. The number of fused-ring (bicyclic) bond motifs is 2. The normalized spacial score (nSPS) is 27.0. The number of amides is 1. The van der Waals surface area contributed by atoms with Crippen molar-refractivity contribution in [1.82, 2.24) is 5.32 Å². The number of para-hydroxylation sites is 1. The van der Waals surface area contributed by atoms with Crippen molar-refractivity contribution >= 4 is 24.0 Å². The van der Waals surface area contributed by atoms with Crippen LogP contribution < -0.4 is 10.2 Å². The SMILES string of the molecule is CCN(C(=O)CC1CC2CCC(C1)N2)c1ccccc1.Cl. The monoisotopic (exact) mass is 308 g/mol. The first-order valence-corrected chi connectivity index (χ1v) is 7.87. The lowest BCUT2D eigenvalue weighted by molar-refractivity contribution is -0.119. The molecule has 0 radical (unpaired) electrons. The highest BCUT2D eigenvalue weighted by Gasteiger charge is 2.34. The van der Waals surface area contributed by atoms with Crippen LogP contribution in [0.15, 0.2) is 30.3 Å². The van der Waals surface area contributed by atoms with Crippen molar-refractivity contribution in [3.63, 3.8) is 0 Å². The molecule has 0 saturated carbocycles. The highest BCUT2D eigenvalue weighted by Crippen LogP contribution is 2.33. The minimum absolute atomic E-state index is 0. The Hall–Kier alpha value is -1.06. The van der Waals surface area contributed by atoms with Gasteiger partial charge in [-0.05, 0) is 50.7 Å². The number of hydrogen-bond acceptors (Lipinski definition) is 2. The second kappa shape index (κ2) is 7.28. The molecule has 1 aromatic carbocycles. The van der Waals surface area contributed by atoms with Crippen molar-refractivity contribution in [3.8, 4) is 0 Å². The van der Waals surface area contributed by atoms with Gasteiger partial charge in [-0.1, -0.05) is 18.2 Å². The van der Waals surface area contributed by atoms with Crippen LogP contribution in [0.4, 0.5) is 5.69 Å². The third kappa shape index (κ3) is 3.78. The topological polar surface area (TPSA) is 32.3 Å². The van der Waals surface area contributed by atoms with E-state index in [1.165, 1.54) is 25.7 Å². The molecule has 2 heterocycles. The van der Waals surface area contributed by atoms with Gasteiger partial charge in [0.25, 0.3) is 0 Å². The first-order chi connectivity index (χ1) is 9.76. The fourth-order valence-corrected chi connectivity index (χ4v) is 3.81. The van der Waals surface area contributed by atoms with E-state index in [2.05, 4.69) is 12.2 Å². The zero-order valence-electron chi connectivity index (χ0n) is 12.6. The molecule has 0 aliphatic carbocycles. The summed E-state index contributed by atoms with van der Waals surface area (Å²) in [5.74, 6) is 0.851. The molecule has 2 unspecified atom stereocenters. The molecule has 2 atom stereocenters. The molecule has 2 saturated heterocycles. The summed E-state index contributed by atoms with van der Waals surface area (Å²) >= 11 is 0. The van der Waals surface area contributed by atoms with Crippen molar-refractivity contribution in [2.24, 2.45) is 5.92 Å². The molecule has 0 aromatic heterocycles. The van der Waals surface area contributed by atoms with Gasteiger partial charge in [-0.3, -0.25) is 4.79 Å². The first-order valence-electron chi connectivity index (χ1n) is 7.87. The number of piperidine rings is 1. The van der Waals surface area contributed by atoms with Gasteiger partial charge in [0.1, 0.15) is 0 Å². The Labute approximate surface area is 133 Å². The summed E-state index contributed by atoms with van der Waals surface area (Å²) in [7, 11) is 0. The van der Waals surface area contributed by atoms with Gasteiger partial charge in [0, 0.05) is 30.7 Å². The summed E-state index contributed by atoms with van der Waals surface area (Å²) in [5, 5.41) is 3.64. The number of carbonyl (C=O) groups is 1. The Kier molecular flexibility index (Phi) is 5.65. The van der Waals surface area contributed by atoms with Crippen molar-refractivity contribution in [2.75, 3.05) is 11.4 Å². The van der Waals surface area contributed by atoms with E-state index in [9.17, 15) is 4.79 Å². The van der Waals surface area contributed by atoms with E-state index in [1.807, 2.05) is 35.2 Å². The second-order valence-corrected chi connectivity index (χ2v) is 6.15. The molecule has 3 rings (SSSR count). The van der Waals surface area contributed by atoms with E-state index in [1.54, 1.807) is 0 Å². The number of halogens is 1. The predicted octanol–water partition coefficient (Wildman–Crippen LogP) is 3.38. The first kappa shape index (κ1) is 16.3. The molecule has 2 aliphatic heterocycles. The van der Waals surface area contributed by atoms with Crippen LogP contribution in [0.5, 0.6) is 0 Å². The third-order valence-corrected chi connectivity index (χ3v) is 4.72. The number of hydrogen-bond donors (Lipinski definition) is 1. The van der Waals surface area contributed by atoms with E-state index in [0.29, 0.717) is 24.4 Å².